The van der Waals surface area contributed by atoms with Gasteiger partial charge in [-0.3, -0.25) is 38.4 Å². The minimum atomic E-state index is -1.57. The lowest BCUT2D eigenvalue weighted by atomic mass is 9.99. The number of hydrogen-bond donors (Lipinski definition) is 11. The predicted octanol–water partition coefficient (Wildman–Crippen LogP) is -0.878. The lowest BCUT2D eigenvalue weighted by molar-refractivity contribution is -0.143. The average Bonchev–Trinajstić information content (AvgIpc) is 3.16. The van der Waals surface area contributed by atoms with Gasteiger partial charge in [0.15, 0.2) is 0 Å². The summed E-state index contributed by atoms with van der Waals surface area (Å²) in [7, 11) is 0. The molecule has 356 valence electrons. The van der Waals surface area contributed by atoms with Gasteiger partial charge in [-0.25, -0.2) is 4.79 Å². The summed E-state index contributed by atoms with van der Waals surface area (Å²) in [5.41, 5.74) is 5.93. The highest BCUT2D eigenvalue weighted by atomic mass is 32.2. The van der Waals surface area contributed by atoms with Crippen LogP contribution in [0.1, 0.15) is 102 Å². The van der Waals surface area contributed by atoms with Crippen molar-refractivity contribution in [2.45, 2.75) is 157 Å². The molecule has 0 rings (SSSR count). The number of aliphatic hydroxyl groups is 1. The van der Waals surface area contributed by atoms with Gasteiger partial charge in [0.05, 0.1) is 18.7 Å². The van der Waals surface area contributed by atoms with Crippen molar-refractivity contribution in [3.63, 3.8) is 0 Å². The zero-order valence-electron chi connectivity index (χ0n) is 38.7. The van der Waals surface area contributed by atoms with Crippen LogP contribution in [0.4, 0.5) is 0 Å². The Balaban J connectivity index is 5.90. The first-order valence-corrected chi connectivity index (χ1v) is 22.6. The number of carboxylic acids is 1. The fourth-order valence-electron chi connectivity index (χ4n) is 5.88. The Kier molecular flexibility index (Phi) is 26.2. The van der Waals surface area contributed by atoms with Crippen LogP contribution in [0, 0.1) is 29.6 Å². The number of aliphatic hydroxyl groups excluding tert-OH is 1. The maximum atomic E-state index is 13.7. The van der Waals surface area contributed by atoms with Crippen LogP contribution in [0.2, 0.25) is 0 Å². The number of nitrogens with two attached hydrogens (primary N) is 1. The maximum absolute atomic E-state index is 13.7. The van der Waals surface area contributed by atoms with Gasteiger partial charge < -0.3 is 58.5 Å². The second kappa shape index (κ2) is 28.2. The Hall–Kier alpha value is -4.50. The second-order valence-corrected chi connectivity index (χ2v) is 18.5. The first-order chi connectivity index (χ1) is 28.6. The van der Waals surface area contributed by atoms with Crippen LogP contribution in [0.3, 0.4) is 0 Å². The molecule has 21 heteroatoms. The van der Waals surface area contributed by atoms with E-state index in [-0.39, 0.29) is 37.0 Å². The molecule has 0 aromatic carbocycles. The number of nitrogens with one attached hydrogen (secondary N) is 8. The molecular formula is C41H75N9O11S. The minimum absolute atomic E-state index is 0.0675. The first kappa shape index (κ1) is 57.5. The van der Waals surface area contributed by atoms with Crippen LogP contribution < -0.4 is 48.3 Å². The molecule has 0 aliphatic rings. The van der Waals surface area contributed by atoms with Gasteiger partial charge in [-0.05, 0) is 74.7 Å². The Morgan fingerprint density at radius 1 is 0.516 bits per heavy atom. The zero-order valence-corrected chi connectivity index (χ0v) is 39.5. The van der Waals surface area contributed by atoms with Crippen molar-refractivity contribution in [2.75, 3.05) is 18.6 Å². The van der Waals surface area contributed by atoms with Crippen molar-refractivity contribution in [2.24, 2.45) is 35.3 Å². The third kappa shape index (κ3) is 21.0. The van der Waals surface area contributed by atoms with Crippen molar-refractivity contribution in [3.05, 3.63) is 0 Å². The average molecular weight is 902 g/mol. The van der Waals surface area contributed by atoms with Gasteiger partial charge in [-0.2, -0.15) is 11.8 Å². The Labute approximate surface area is 370 Å². The smallest absolute Gasteiger partial charge is 0.326 e. The summed E-state index contributed by atoms with van der Waals surface area (Å²) < 4.78 is 0. The molecule has 0 saturated heterocycles. The Morgan fingerprint density at radius 3 is 1.39 bits per heavy atom. The van der Waals surface area contributed by atoms with Gasteiger partial charge >= 0.3 is 5.97 Å². The number of carbonyl (C=O) groups is 9. The number of aliphatic carboxylic acids is 1. The van der Waals surface area contributed by atoms with E-state index in [2.05, 4.69) is 42.5 Å². The van der Waals surface area contributed by atoms with Gasteiger partial charge in [0.1, 0.15) is 42.3 Å². The monoisotopic (exact) mass is 902 g/mol. The molecule has 20 nitrogen and oxygen atoms in total. The number of amides is 8. The number of carbonyl (C=O) groups excluding carboxylic acids is 8. The quantitative estimate of drug-likeness (QED) is 0.0456. The van der Waals surface area contributed by atoms with E-state index >= 15 is 0 Å². The molecule has 0 fully saturated rings. The molecule has 9 atom stereocenters. The van der Waals surface area contributed by atoms with E-state index < -0.39 is 126 Å². The van der Waals surface area contributed by atoms with Crippen molar-refractivity contribution >= 4 is 65.0 Å². The molecule has 12 N–H and O–H groups in total. The van der Waals surface area contributed by atoms with Crippen LogP contribution in [0.25, 0.3) is 0 Å². The standard InChI is InChI=1S/C41H75N9O11S/c1-19(2)16-27(37(56)50-32(23(9)10)41(60)61)46-34(53)24(11)44-39(58)31(22(7)8)49-36(55)28(17-20(3)4)47-40(59)33(25(12)51)48-29(52)18-43-35(54)26(14-15-62-13)45-38(57)30(42)21(5)6/h19-28,30-33,51H,14-18,42H2,1-13H3,(H,43,54)(H,44,58)(H,45,57)(H,46,53)(H,47,59)(H,48,52)(H,49,55)(H,50,56)(H,60,61)/t24-,25+,26-,27-,28-,30-,31-,32-,33-/m0/s1. The van der Waals surface area contributed by atoms with Crippen LogP contribution in [0.15, 0.2) is 0 Å². The summed E-state index contributed by atoms with van der Waals surface area (Å²) in [5, 5.41) is 40.3. The zero-order chi connectivity index (χ0) is 48.2. The molecule has 0 aliphatic carbocycles. The van der Waals surface area contributed by atoms with Crippen molar-refractivity contribution < 1.29 is 53.4 Å². The van der Waals surface area contributed by atoms with Crippen molar-refractivity contribution in [1.82, 2.24) is 42.5 Å². The molecule has 0 unspecified atom stereocenters. The van der Waals surface area contributed by atoms with Crippen molar-refractivity contribution in [1.29, 1.82) is 0 Å². The van der Waals surface area contributed by atoms with Crippen LogP contribution >= 0.6 is 11.8 Å². The lowest BCUT2D eigenvalue weighted by Crippen LogP contribution is -2.61. The van der Waals surface area contributed by atoms with Gasteiger partial charge in [0.2, 0.25) is 47.3 Å². The fourth-order valence-corrected chi connectivity index (χ4v) is 6.36. The fraction of sp³-hybridized carbons (Fsp3) is 0.780. The summed E-state index contributed by atoms with van der Waals surface area (Å²) in [6.07, 6.45) is 0.899. The first-order valence-electron chi connectivity index (χ1n) is 21.2. The molecule has 62 heavy (non-hydrogen) atoms. The van der Waals surface area contributed by atoms with Crippen molar-refractivity contribution in [3.8, 4) is 0 Å². The van der Waals surface area contributed by atoms with Crippen LogP contribution in [-0.2, 0) is 43.2 Å². The van der Waals surface area contributed by atoms with Gasteiger partial charge in [-0.15, -0.1) is 0 Å². The molecule has 0 spiro atoms. The van der Waals surface area contributed by atoms with Crippen LogP contribution in [0.5, 0.6) is 0 Å². The molecule has 0 bridgehead atoms. The van der Waals surface area contributed by atoms with E-state index in [9.17, 15) is 53.4 Å². The predicted molar refractivity (Wildman–Crippen MR) is 236 cm³/mol. The number of hydrogen-bond acceptors (Lipinski definition) is 12. The van der Waals surface area contributed by atoms with Gasteiger partial charge in [-0.1, -0.05) is 69.2 Å². The van der Waals surface area contributed by atoms with Crippen LogP contribution in [-0.4, -0.2) is 136 Å². The highest BCUT2D eigenvalue weighted by Gasteiger charge is 2.35. The normalized spacial score (nSPS) is 15.9. The van der Waals surface area contributed by atoms with Gasteiger partial charge in [0.25, 0.3) is 0 Å². The highest BCUT2D eigenvalue weighted by Crippen LogP contribution is 2.12. The summed E-state index contributed by atoms with van der Waals surface area (Å²) in [5.74, 6) is -7.93. The van der Waals surface area contributed by atoms with E-state index in [1.165, 1.54) is 25.6 Å². The lowest BCUT2D eigenvalue weighted by Gasteiger charge is -2.29. The topological polar surface area (TPSA) is 316 Å². The molecule has 0 saturated carbocycles. The summed E-state index contributed by atoms with van der Waals surface area (Å²) in [6, 6.07) is -9.34. The SMILES string of the molecule is CSCC[C@H](NC(=O)[C@@H](N)C(C)C)C(=O)NCC(=O)N[C@H](C(=O)N[C@@H](CC(C)C)C(=O)N[C@H](C(=O)N[C@@H](C)C(=O)N[C@@H](CC(C)C)C(=O)N[C@H](C(=O)O)C(C)C)C(C)C)[C@@H](C)O. The van der Waals surface area contributed by atoms with Gasteiger partial charge in [0, 0.05) is 0 Å². The molecule has 0 heterocycles. The Bertz CT molecular complexity index is 1530. The van der Waals surface area contributed by atoms with E-state index in [1.807, 2.05) is 20.1 Å². The molecule has 8 amide bonds. The highest BCUT2D eigenvalue weighted by molar-refractivity contribution is 7.98. The molecular weight excluding hydrogens is 827 g/mol. The summed E-state index contributed by atoms with van der Waals surface area (Å²) in [4.78, 5) is 117. The van der Waals surface area contributed by atoms with E-state index in [0.717, 1.165) is 0 Å². The number of thioether (sulfide) groups is 1. The third-order valence-electron chi connectivity index (χ3n) is 9.68. The van der Waals surface area contributed by atoms with E-state index in [0.29, 0.717) is 5.75 Å². The molecule has 0 radical (unpaired) electrons. The minimum Gasteiger partial charge on any atom is -0.480 e. The third-order valence-corrected chi connectivity index (χ3v) is 10.3. The van der Waals surface area contributed by atoms with E-state index in [4.69, 9.17) is 5.73 Å². The summed E-state index contributed by atoms with van der Waals surface area (Å²) >= 11 is 1.45. The molecule has 0 aromatic heterocycles. The summed E-state index contributed by atoms with van der Waals surface area (Å²) in [6.45, 7) is 19.3. The maximum Gasteiger partial charge on any atom is 0.326 e. The largest absolute Gasteiger partial charge is 0.480 e. The second-order valence-electron chi connectivity index (χ2n) is 17.5. The molecule has 0 aromatic rings. The van der Waals surface area contributed by atoms with E-state index in [1.54, 1.807) is 55.4 Å². The number of rotatable bonds is 28. The number of carboxylic acid groups (broad SMARTS) is 1. The Morgan fingerprint density at radius 2 is 0.968 bits per heavy atom. The molecule has 0 aliphatic heterocycles.